The predicted molar refractivity (Wildman–Crippen MR) is 112 cm³/mol. The van der Waals surface area contributed by atoms with Crippen molar-refractivity contribution in [2.45, 2.75) is 26.8 Å². The van der Waals surface area contributed by atoms with Gasteiger partial charge in [0.15, 0.2) is 5.11 Å². The maximum Gasteiger partial charge on any atom is 0.168 e. The molecule has 2 aromatic carbocycles. The first kappa shape index (κ1) is 19.3. The summed E-state index contributed by atoms with van der Waals surface area (Å²) in [5.41, 5.74) is 3.87. The van der Waals surface area contributed by atoms with E-state index in [0.29, 0.717) is 0 Å². The van der Waals surface area contributed by atoms with Crippen LogP contribution in [0.4, 0.5) is 5.69 Å². The van der Waals surface area contributed by atoms with Crippen molar-refractivity contribution in [3.8, 4) is 0 Å². The standard InChI is InChI=1S/C21H29N3S/c1-4-24(5-2)20-13-11-19(12-14-20)17-23(3)21(25)22-16-15-18-9-7-6-8-10-18/h6-14H,4-5,15-17H2,1-3H3,(H,22,25). The Hall–Kier alpha value is -2.07. The van der Waals surface area contributed by atoms with Gasteiger partial charge in [0.1, 0.15) is 0 Å². The fraction of sp³-hybridized carbons (Fsp3) is 0.381. The first-order valence-corrected chi connectivity index (χ1v) is 9.41. The van der Waals surface area contributed by atoms with Crippen LogP contribution in [0.2, 0.25) is 0 Å². The fourth-order valence-corrected chi connectivity index (χ4v) is 3.01. The van der Waals surface area contributed by atoms with Crippen LogP contribution in [0.25, 0.3) is 0 Å². The molecule has 0 saturated carbocycles. The van der Waals surface area contributed by atoms with Crippen molar-refractivity contribution in [2.75, 3.05) is 31.6 Å². The molecule has 3 nitrogen and oxygen atoms in total. The van der Waals surface area contributed by atoms with Crippen LogP contribution >= 0.6 is 12.2 Å². The maximum absolute atomic E-state index is 5.50. The number of nitrogens with zero attached hydrogens (tertiary/aromatic N) is 2. The minimum Gasteiger partial charge on any atom is -0.372 e. The summed E-state index contributed by atoms with van der Waals surface area (Å²) in [4.78, 5) is 4.44. The Balaban J connectivity index is 1.80. The fourth-order valence-electron chi connectivity index (χ4n) is 2.84. The van der Waals surface area contributed by atoms with E-state index in [9.17, 15) is 0 Å². The largest absolute Gasteiger partial charge is 0.372 e. The van der Waals surface area contributed by atoms with Crippen LogP contribution in [-0.4, -0.2) is 36.7 Å². The SMILES string of the molecule is CCN(CC)c1ccc(CN(C)C(=S)NCCc2ccccc2)cc1. The lowest BCUT2D eigenvalue weighted by molar-refractivity contribution is 0.489. The van der Waals surface area contributed by atoms with Crippen LogP contribution in [0.5, 0.6) is 0 Å². The zero-order valence-corrected chi connectivity index (χ0v) is 16.4. The quantitative estimate of drug-likeness (QED) is 0.719. The molecule has 0 aliphatic carbocycles. The highest BCUT2D eigenvalue weighted by Gasteiger charge is 2.06. The molecule has 2 aromatic rings. The van der Waals surface area contributed by atoms with E-state index in [0.717, 1.165) is 37.7 Å². The summed E-state index contributed by atoms with van der Waals surface area (Å²) in [5.74, 6) is 0. The van der Waals surface area contributed by atoms with E-state index in [1.54, 1.807) is 0 Å². The van der Waals surface area contributed by atoms with Crippen molar-refractivity contribution < 1.29 is 0 Å². The molecule has 0 amide bonds. The van der Waals surface area contributed by atoms with Gasteiger partial charge >= 0.3 is 0 Å². The number of thiocarbonyl (C=S) groups is 1. The summed E-state index contributed by atoms with van der Waals surface area (Å²) in [6.45, 7) is 8.11. The lowest BCUT2D eigenvalue weighted by atomic mass is 10.1. The summed E-state index contributed by atoms with van der Waals surface area (Å²) >= 11 is 5.50. The van der Waals surface area contributed by atoms with E-state index in [-0.39, 0.29) is 0 Å². The Morgan fingerprint density at radius 1 is 0.920 bits per heavy atom. The first-order valence-electron chi connectivity index (χ1n) is 9.00. The van der Waals surface area contributed by atoms with Crippen molar-refractivity contribution in [3.63, 3.8) is 0 Å². The highest BCUT2D eigenvalue weighted by Crippen LogP contribution is 2.15. The second-order valence-electron chi connectivity index (χ2n) is 6.16. The van der Waals surface area contributed by atoms with Crippen molar-refractivity contribution in [1.29, 1.82) is 0 Å². The Bertz CT molecular complexity index is 636. The zero-order valence-electron chi connectivity index (χ0n) is 15.5. The Kier molecular flexibility index (Phi) is 7.74. The highest BCUT2D eigenvalue weighted by molar-refractivity contribution is 7.80. The monoisotopic (exact) mass is 355 g/mol. The molecule has 0 heterocycles. The molecule has 0 aliphatic rings. The summed E-state index contributed by atoms with van der Waals surface area (Å²) < 4.78 is 0. The minimum atomic E-state index is 0.795. The molecule has 0 fully saturated rings. The van der Waals surface area contributed by atoms with Gasteiger partial charge in [-0.3, -0.25) is 0 Å². The van der Waals surface area contributed by atoms with Gasteiger partial charge in [-0.15, -0.1) is 0 Å². The lowest BCUT2D eigenvalue weighted by Gasteiger charge is -2.23. The second-order valence-corrected chi connectivity index (χ2v) is 6.55. The Morgan fingerprint density at radius 2 is 1.56 bits per heavy atom. The second kappa shape index (κ2) is 10.0. The van der Waals surface area contributed by atoms with Gasteiger partial charge in [0, 0.05) is 38.9 Å². The van der Waals surface area contributed by atoms with Crippen molar-refractivity contribution in [2.24, 2.45) is 0 Å². The predicted octanol–water partition coefficient (Wildman–Crippen LogP) is 4.08. The number of nitrogens with one attached hydrogen (secondary N) is 1. The summed E-state index contributed by atoms with van der Waals surface area (Å²) in [7, 11) is 2.04. The number of benzene rings is 2. The molecule has 0 unspecified atom stereocenters. The smallest absolute Gasteiger partial charge is 0.168 e. The van der Waals surface area contributed by atoms with E-state index in [2.05, 4.69) is 77.5 Å². The van der Waals surface area contributed by atoms with Gasteiger partial charge in [0.05, 0.1) is 0 Å². The van der Waals surface area contributed by atoms with Crippen LogP contribution in [0.1, 0.15) is 25.0 Å². The third-order valence-electron chi connectivity index (χ3n) is 4.36. The minimum absolute atomic E-state index is 0.795. The average molecular weight is 356 g/mol. The third kappa shape index (κ3) is 6.05. The van der Waals surface area contributed by atoms with Gasteiger partial charge in [0.2, 0.25) is 0 Å². The van der Waals surface area contributed by atoms with Gasteiger partial charge in [-0.1, -0.05) is 42.5 Å². The Labute approximate surface area is 157 Å². The van der Waals surface area contributed by atoms with Crippen molar-refractivity contribution >= 4 is 23.0 Å². The zero-order chi connectivity index (χ0) is 18.1. The summed E-state index contributed by atoms with van der Waals surface area (Å²) in [5, 5.41) is 4.14. The van der Waals surface area contributed by atoms with E-state index in [4.69, 9.17) is 12.2 Å². The van der Waals surface area contributed by atoms with E-state index in [1.807, 2.05) is 13.1 Å². The molecule has 0 aliphatic heterocycles. The molecule has 0 saturated heterocycles. The lowest BCUT2D eigenvalue weighted by Crippen LogP contribution is -2.37. The molecular formula is C21H29N3S. The van der Waals surface area contributed by atoms with Crippen LogP contribution in [-0.2, 0) is 13.0 Å². The molecule has 25 heavy (non-hydrogen) atoms. The van der Waals surface area contributed by atoms with E-state index < -0.39 is 0 Å². The molecule has 0 atom stereocenters. The Morgan fingerprint density at radius 3 is 2.16 bits per heavy atom. The van der Waals surface area contributed by atoms with Crippen LogP contribution in [0.3, 0.4) is 0 Å². The molecular weight excluding hydrogens is 326 g/mol. The van der Waals surface area contributed by atoms with Crippen LogP contribution in [0, 0.1) is 0 Å². The molecule has 134 valence electrons. The van der Waals surface area contributed by atoms with E-state index >= 15 is 0 Å². The normalized spacial score (nSPS) is 10.4. The first-order chi connectivity index (χ1) is 12.1. The van der Waals surface area contributed by atoms with Gasteiger partial charge in [-0.05, 0) is 55.7 Å². The van der Waals surface area contributed by atoms with Crippen molar-refractivity contribution in [1.82, 2.24) is 10.2 Å². The van der Waals surface area contributed by atoms with Gasteiger partial charge in [-0.2, -0.15) is 0 Å². The molecule has 2 rings (SSSR count). The van der Waals surface area contributed by atoms with Crippen LogP contribution in [0.15, 0.2) is 54.6 Å². The number of hydrogen-bond donors (Lipinski definition) is 1. The van der Waals surface area contributed by atoms with Gasteiger partial charge in [-0.25, -0.2) is 0 Å². The van der Waals surface area contributed by atoms with Gasteiger partial charge in [0.25, 0.3) is 0 Å². The van der Waals surface area contributed by atoms with E-state index in [1.165, 1.54) is 16.8 Å². The molecule has 0 radical (unpaired) electrons. The molecule has 0 spiro atoms. The average Bonchev–Trinajstić information content (AvgIpc) is 2.65. The topological polar surface area (TPSA) is 18.5 Å². The molecule has 1 N–H and O–H groups in total. The molecule has 0 bridgehead atoms. The molecule has 0 aromatic heterocycles. The molecule has 4 heteroatoms. The number of rotatable bonds is 8. The highest BCUT2D eigenvalue weighted by atomic mass is 32.1. The van der Waals surface area contributed by atoms with Crippen molar-refractivity contribution in [3.05, 3.63) is 65.7 Å². The maximum atomic E-state index is 5.50. The third-order valence-corrected chi connectivity index (χ3v) is 4.82. The van der Waals surface area contributed by atoms with Crippen LogP contribution < -0.4 is 10.2 Å². The summed E-state index contributed by atoms with van der Waals surface area (Å²) in [6, 6.07) is 19.2. The number of anilines is 1. The summed E-state index contributed by atoms with van der Waals surface area (Å²) in [6.07, 6.45) is 0.980. The number of hydrogen-bond acceptors (Lipinski definition) is 2. The van der Waals surface area contributed by atoms with Gasteiger partial charge < -0.3 is 15.1 Å².